The average molecular weight is 468 g/mol. The van der Waals surface area contributed by atoms with Crippen molar-refractivity contribution >= 4 is 45.9 Å². The largest absolute Gasteiger partial charge is 0.356 e. The number of nitrogens with one attached hydrogen (secondary N) is 2. The summed E-state index contributed by atoms with van der Waals surface area (Å²) in [4.78, 5) is 4.16. The van der Waals surface area contributed by atoms with Gasteiger partial charge in [0, 0.05) is 30.0 Å². The lowest BCUT2D eigenvalue weighted by Crippen LogP contribution is -2.41. The van der Waals surface area contributed by atoms with Crippen LogP contribution in [0.2, 0.25) is 0 Å². The predicted octanol–water partition coefficient (Wildman–Crippen LogP) is 3.55. The Labute approximate surface area is 150 Å². The van der Waals surface area contributed by atoms with Crippen molar-refractivity contribution < 1.29 is 4.39 Å². The van der Waals surface area contributed by atoms with Gasteiger partial charge in [-0.25, -0.2) is 4.39 Å². The van der Waals surface area contributed by atoms with E-state index in [9.17, 15) is 4.39 Å². The average Bonchev–Trinajstić information content (AvgIpc) is 3.20. The van der Waals surface area contributed by atoms with Crippen molar-refractivity contribution in [3.8, 4) is 0 Å². The van der Waals surface area contributed by atoms with Crippen molar-refractivity contribution in [1.82, 2.24) is 10.6 Å². The van der Waals surface area contributed by atoms with Gasteiger partial charge in [-0.1, -0.05) is 34.6 Å². The SMILES string of the molecule is C=C(Br)CNC(=NC)NCC1(c2cccc(F)c2)CC1.I. The van der Waals surface area contributed by atoms with Gasteiger partial charge in [-0.3, -0.25) is 4.99 Å². The molecule has 116 valence electrons. The van der Waals surface area contributed by atoms with Crippen LogP contribution in [-0.2, 0) is 5.41 Å². The molecule has 2 rings (SSSR count). The van der Waals surface area contributed by atoms with Crippen molar-refractivity contribution in [2.45, 2.75) is 18.3 Å². The molecule has 1 aliphatic carbocycles. The maximum atomic E-state index is 13.3. The Balaban J connectivity index is 0.00000220. The molecule has 2 N–H and O–H groups in total. The first-order valence-corrected chi connectivity index (χ1v) is 7.39. The lowest BCUT2D eigenvalue weighted by molar-refractivity contribution is 0.607. The van der Waals surface area contributed by atoms with Gasteiger partial charge in [-0.05, 0) is 30.5 Å². The first kappa shape index (κ1) is 18.4. The van der Waals surface area contributed by atoms with E-state index >= 15 is 0 Å². The fourth-order valence-corrected chi connectivity index (χ4v) is 2.33. The molecule has 0 aromatic heterocycles. The second kappa shape index (κ2) is 8.12. The minimum absolute atomic E-state index is 0. The zero-order valence-corrected chi connectivity index (χ0v) is 15.9. The quantitative estimate of drug-likeness (QED) is 0.394. The predicted molar refractivity (Wildman–Crippen MR) is 100 cm³/mol. The summed E-state index contributed by atoms with van der Waals surface area (Å²) in [6.07, 6.45) is 2.15. The van der Waals surface area contributed by atoms with E-state index in [-0.39, 0.29) is 35.2 Å². The van der Waals surface area contributed by atoms with Crippen molar-refractivity contribution in [2.24, 2.45) is 4.99 Å². The second-order valence-electron chi connectivity index (χ2n) is 5.09. The van der Waals surface area contributed by atoms with Crippen LogP contribution in [-0.4, -0.2) is 26.1 Å². The van der Waals surface area contributed by atoms with E-state index in [2.05, 4.69) is 38.1 Å². The maximum Gasteiger partial charge on any atom is 0.191 e. The van der Waals surface area contributed by atoms with Crippen LogP contribution in [0, 0.1) is 5.82 Å². The van der Waals surface area contributed by atoms with Crippen LogP contribution in [0.25, 0.3) is 0 Å². The number of halogens is 3. The number of rotatable bonds is 5. The Hall–Kier alpha value is -0.630. The summed E-state index contributed by atoms with van der Waals surface area (Å²) >= 11 is 3.30. The maximum absolute atomic E-state index is 13.3. The molecule has 0 bridgehead atoms. The molecule has 0 spiro atoms. The third-order valence-corrected chi connectivity index (χ3v) is 3.84. The molecule has 1 aromatic rings. The van der Waals surface area contributed by atoms with Crippen molar-refractivity contribution in [3.63, 3.8) is 0 Å². The summed E-state index contributed by atoms with van der Waals surface area (Å²) in [5.74, 6) is 0.556. The van der Waals surface area contributed by atoms with E-state index < -0.39 is 0 Å². The summed E-state index contributed by atoms with van der Waals surface area (Å²) < 4.78 is 14.2. The first-order valence-electron chi connectivity index (χ1n) is 6.60. The van der Waals surface area contributed by atoms with Crippen LogP contribution in [0.5, 0.6) is 0 Å². The first-order chi connectivity index (χ1) is 9.55. The molecule has 1 aliphatic rings. The van der Waals surface area contributed by atoms with Crippen LogP contribution < -0.4 is 10.6 Å². The van der Waals surface area contributed by atoms with Crippen LogP contribution in [0.15, 0.2) is 40.3 Å². The van der Waals surface area contributed by atoms with Crippen LogP contribution in [0.3, 0.4) is 0 Å². The molecular weight excluding hydrogens is 448 g/mol. The number of hydrogen-bond acceptors (Lipinski definition) is 1. The highest BCUT2D eigenvalue weighted by atomic mass is 127. The number of hydrogen-bond donors (Lipinski definition) is 2. The third-order valence-electron chi connectivity index (χ3n) is 3.56. The molecule has 0 radical (unpaired) electrons. The van der Waals surface area contributed by atoms with E-state index in [1.165, 1.54) is 6.07 Å². The molecule has 0 unspecified atom stereocenters. The van der Waals surface area contributed by atoms with Gasteiger partial charge in [0.2, 0.25) is 0 Å². The van der Waals surface area contributed by atoms with E-state index in [1.54, 1.807) is 19.2 Å². The number of aliphatic imine (C=N–C) groups is 1. The second-order valence-corrected chi connectivity index (χ2v) is 6.21. The van der Waals surface area contributed by atoms with Crippen molar-refractivity contribution in [3.05, 3.63) is 46.7 Å². The molecule has 6 heteroatoms. The summed E-state index contributed by atoms with van der Waals surface area (Å²) in [6.45, 7) is 5.14. The standard InChI is InChI=1S/C15H19BrFN3.HI/c1-11(16)9-19-14(18-2)20-10-15(6-7-15)12-4-3-5-13(17)8-12;/h3-5,8H,1,6-7,9-10H2,2H3,(H2,18,19,20);1H. The van der Waals surface area contributed by atoms with E-state index in [4.69, 9.17) is 0 Å². The highest BCUT2D eigenvalue weighted by molar-refractivity contribution is 14.0. The van der Waals surface area contributed by atoms with Crippen molar-refractivity contribution in [2.75, 3.05) is 20.1 Å². The number of nitrogens with zero attached hydrogens (tertiary/aromatic N) is 1. The van der Waals surface area contributed by atoms with Gasteiger partial charge < -0.3 is 10.6 Å². The molecule has 1 aromatic carbocycles. The van der Waals surface area contributed by atoms with Gasteiger partial charge in [0.1, 0.15) is 5.82 Å². The molecule has 0 saturated heterocycles. The van der Waals surface area contributed by atoms with E-state index in [0.717, 1.165) is 35.4 Å². The Morgan fingerprint density at radius 1 is 1.43 bits per heavy atom. The highest BCUT2D eigenvalue weighted by Gasteiger charge is 2.44. The molecular formula is C15H20BrFIN3. The van der Waals surface area contributed by atoms with E-state index in [1.807, 2.05) is 6.07 Å². The molecule has 0 aliphatic heterocycles. The Kier molecular flexibility index (Phi) is 7.12. The van der Waals surface area contributed by atoms with Gasteiger partial charge in [0.15, 0.2) is 5.96 Å². The van der Waals surface area contributed by atoms with Crippen molar-refractivity contribution in [1.29, 1.82) is 0 Å². The lowest BCUT2D eigenvalue weighted by atomic mass is 9.96. The van der Waals surface area contributed by atoms with Crippen LogP contribution in [0.1, 0.15) is 18.4 Å². The van der Waals surface area contributed by atoms with Gasteiger partial charge >= 0.3 is 0 Å². The number of benzene rings is 1. The van der Waals surface area contributed by atoms with Gasteiger partial charge in [0.05, 0.1) is 0 Å². The molecule has 21 heavy (non-hydrogen) atoms. The summed E-state index contributed by atoms with van der Waals surface area (Å²) in [5.41, 5.74) is 1.11. The highest BCUT2D eigenvalue weighted by Crippen LogP contribution is 2.47. The van der Waals surface area contributed by atoms with Crippen LogP contribution >= 0.6 is 39.9 Å². The monoisotopic (exact) mass is 467 g/mol. The van der Waals surface area contributed by atoms with E-state index in [0.29, 0.717) is 6.54 Å². The minimum Gasteiger partial charge on any atom is -0.356 e. The smallest absolute Gasteiger partial charge is 0.191 e. The van der Waals surface area contributed by atoms with Gasteiger partial charge in [0.25, 0.3) is 0 Å². The zero-order chi connectivity index (χ0) is 14.6. The summed E-state index contributed by atoms with van der Waals surface area (Å²) in [6, 6.07) is 6.88. The molecule has 0 amide bonds. The fraction of sp³-hybridized carbons (Fsp3) is 0.400. The third kappa shape index (κ3) is 5.25. The van der Waals surface area contributed by atoms with Gasteiger partial charge in [-0.15, -0.1) is 24.0 Å². The molecule has 0 atom stereocenters. The zero-order valence-electron chi connectivity index (χ0n) is 12.0. The molecule has 1 fully saturated rings. The molecule has 0 heterocycles. The van der Waals surface area contributed by atoms with Gasteiger partial charge in [-0.2, -0.15) is 0 Å². The Bertz CT molecular complexity index is 529. The Morgan fingerprint density at radius 3 is 2.67 bits per heavy atom. The summed E-state index contributed by atoms with van der Waals surface area (Å²) in [5, 5.41) is 6.45. The van der Waals surface area contributed by atoms with Crippen LogP contribution in [0.4, 0.5) is 4.39 Å². The minimum atomic E-state index is -0.174. The topological polar surface area (TPSA) is 36.4 Å². The summed E-state index contributed by atoms with van der Waals surface area (Å²) in [7, 11) is 1.73. The lowest BCUT2D eigenvalue weighted by Gasteiger charge is -2.19. The fourth-order valence-electron chi connectivity index (χ4n) is 2.19. The molecule has 1 saturated carbocycles. The normalized spacial score (nSPS) is 15.9. The number of guanidine groups is 1. The molecule has 3 nitrogen and oxygen atoms in total. The Morgan fingerprint density at radius 2 is 2.14 bits per heavy atom.